The number of carbonyl (C=O) groups excluding carboxylic acids is 1. The van der Waals surface area contributed by atoms with Crippen LogP contribution in [0.5, 0.6) is 0 Å². The number of aliphatic hydroxyl groups excluding tert-OH is 1. The van der Waals surface area contributed by atoms with E-state index in [1.807, 2.05) is 48.2 Å². The van der Waals surface area contributed by atoms with Crippen molar-refractivity contribution in [3.05, 3.63) is 76.9 Å². The smallest absolute Gasteiger partial charge is 0.257 e. The highest BCUT2D eigenvalue weighted by molar-refractivity contribution is 7.99. The van der Waals surface area contributed by atoms with Crippen molar-refractivity contribution in [2.45, 2.75) is 23.1 Å². The third-order valence-electron chi connectivity index (χ3n) is 5.28. The van der Waals surface area contributed by atoms with Gasteiger partial charge in [-0.1, -0.05) is 23.7 Å². The summed E-state index contributed by atoms with van der Waals surface area (Å²) in [4.78, 5) is 24.7. The van der Waals surface area contributed by atoms with Gasteiger partial charge in [-0.05, 0) is 55.1 Å². The lowest BCUT2D eigenvalue weighted by molar-refractivity contribution is 0.102. The molecule has 1 amide bonds. The highest BCUT2D eigenvalue weighted by Crippen LogP contribution is 2.31. The fourth-order valence-electron chi connectivity index (χ4n) is 3.50. The number of anilines is 4. The van der Waals surface area contributed by atoms with E-state index in [1.165, 1.54) is 11.8 Å². The number of benzene rings is 2. The summed E-state index contributed by atoms with van der Waals surface area (Å²) < 4.78 is 0. The molecule has 4 aromatic rings. The van der Waals surface area contributed by atoms with Gasteiger partial charge in [0, 0.05) is 41.5 Å². The fourth-order valence-corrected chi connectivity index (χ4v) is 4.48. The van der Waals surface area contributed by atoms with Gasteiger partial charge in [0.05, 0.1) is 16.7 Å². The number of aromatic amines is 1. The highest BCUT2D eigenvalue weighted by atomic mass is 35.5. The number of carbonyl (C=O) groups is 1. The van der Waals surface area contributed by atoms with Crippen molar-refractivity contribution in [3.8, 4) is 0 Å². The molecular formula is C24H22ClN7O2S. The number of aliphatic hydroxyl groups is 1. The molecular weight excluding hydrogens is 486 g/mol. The molecule has 1 aliphatic rings. The predicted octanol–water partition coefficient (Wildman–Crippen LogP) is 4.49. The van der Waals surface area contributed by atoms with Gasteiger partial charge in [0.1, 0.15) is 11.6 Å². The lowest BCUT2D eigenvalue weighted by Gasteiger charge is -2.37. The van der Waals surface area contributed by atoms with Crippen LogP contribution in [-0.4, -0.2) is 50.4 Å². The van der Waals surface area contributed by atoms with Crippen molar-refractivity contribution in [1.82, 2.24) is 20.2 Å². The van der Waals surface area contributed by atoms with Gasteiger partial charge in [-0.2, -0.15) is 5.10 Å². The van der Waals surface area contributed by atoms with Crippen LogP contribution in [0.25, 0.3) is 0 Å². The quantitative estimate of drug-likeness (QED) is 0.270. The van der Waals surface area contributed by atoms with Crippen LogP contribution in [0, 0.1) is 6.92 Å². The Hall–Kier alpha value is -3.60. The van der Waals surface area contributed by atoms with Crippen molar-refractivity contribution >= 4 is 52.4 Å². The lowest BCUT2D eigenvalue weighted by atomic mass is 10.2. The Labute approximate surface area is 210 Å². The number of aryl methyl sites for hydroxylation is 1. The van der Waals surface area contributed by atoms with Gasteiger partial charge in [-0.3, -0.25) is 9.89 Å². The van der Waals surface area contributed by atoms with Gasteiger partial charge < -0.3 is 20.6 Å². The SMILES string of the molecule is Cc1cc(Nc2cc(N3CC(O)C3)nc(Sc3ccc(NC(=O)c4ccccc4Cl)cc3)n2)n[nH]1. The molecule has 5 rings (SSSR count). The zero-order valence-electron chi connectivity index (χ0n) is 18.7. The zero-order chi connectivity index (χ0) is 24.4. The van der Waals surface area contributed by atoms with Crippen LogP contribution in [0.15, 0.2) is 70.7 Å². The zero-order valence-corrected chi connectivity index (χ0v) is 20.3. The van der Waals surface area contributed by atoms with Crippen LogP contribution < -0.4 is 15.5 Å². The molecule has 1 saturated heterocycles. The molecule has 2 aromatic carbocycles. The van der Waals surface area contributed by atoms with E-state index in [9.17, 15) is 9.90 Å². The van der Waals surface area contributed by atoms with E-state index < -0.39 is 0 Å². The number of amides is 1. The molecule has 3 heterocycles. The average molecular weight is 508 g/mol. The topological polar surface area (TPSA) is 119 Å². The molecule has 0 bridgehead atoms. The Morgan fingerprint density at radius 1 is 1.11 bits per heavy atom. The van der Waals surface area contributed by atoms with Gasteiger partial charge in [0.15, 0.2) is 11.0 Å². The van der Waals surface area contributed by atoms with Crippen LogP contribution in [0.3, 0.4) is 0 Å². The number of H-pyrrole nitrogens is 1. The Kier molecular flexibility index (Phi) is 6.58. The average Bonchev–Trinajstić information content (AvgIpc) is 3.22. The summed E-state index contributed by atoms with van der Waals surface area (Å²) in [5, 5.41) is 23.8. The van der Waals surface area contributed by atoms with Gasteiger partial charge in [0.25, 0.3) is 5.91 Å². The molecule has 1 fully saturated rings. The van der Waals surface area contributed by atoms with Crippen LogP contribution in [0.1, 0.15) is 16.1 Å². The first kappa shape index (κ1) is 23.2. The summed E-state index contributed by atoms with van der Waals surface area (Å²) in [7, 11) is 0. The number of hydrogen-bond donors (Lipinski definition) is 4. The first-order valence-electron chi connectivity index (χ1n) is 10.9. The number of nitrogens with zero attached hydrogens (tertiary/aromatic N) is 4. The van der Waals surface area contributed by atoms with Crippen LogP contribution in [0.2, 0.25) is 5.02 Å². The third-order valence-corrected chi connectivity index (χ3v) is 6.48. The standard InChI is InChI=1S/C24H22ClN7O2S/c1-14-10-21(31-30-14)27-20-11-22(32-12-16(33)13-32)29-24(28-20)35-17-8-6-15(7-9-17)26-23(34)18-4-2-3-5-19(18)25/h2-11,16,33H,12-13H2,1H3,(H,26,34)(H2,27,28,29,30,31). The minimum atomic E-state index is -0.347. The summed E-state index contributed by atoms with van der Waals surface area (Å²) in [6, 6.07) is 18.1. The van der Waals surface area contributed by atoms with E-state index in [2.05, 4.69) is 30.8 Å². The maximum absolute atomic E-state index is 12.5. The normalized spacial score (nSPS) is 13.4. The number of nitrogens with one attached hydrogen (secondary N) is 3. The van der Waals surface area contributed by atoms with Gasteiger partial charge in [-0.15, -0.1) is 0 Å². The molecule has 2 aromatic heterocycles. The second-order valence-electron chi connectivity index (χ2n) is 8.07. The molecule has 9 nitrogen and oxygen atoms in total. The monoisotopic (exact) mass is 507 g/mol. The molecule has 0 radical (unpaired) electrons. The second-order valence-corrected chi connectivity index (χ2v) is 9.52. The van der Waals surface area contributed by atoms with Crippen molar-refractivity contribution in [2.75, 3.05) is 28.6 Å². The summed E-state index contributed by atoms with van der Waals surface area (Å²) in [6.07, 6.45) is -0.347. The van der Waals surface area contributed by atoms with Crippen molar-refractivity contribution in [2.24, 2.45) is 0 Å². The van der Waals surface area contributed by atoms with E-state index >= 15 is 0 Å². The van der Waals surface area contributed by atoms with E-state index in [4.69, 9.17) is 11.6 Å². The largest absolute Gasteiger partial charge is 0.389 e. The molecule has 0 atom stereocenters. The van der Waals surface area contributed by atoms with Gasteiger partial charge >= 0.3 is 0 Å². The van der Waals surface area contributed by atoms with Crippen LogP contribution in [0.4, 0.5) is 23.1 Å². The highest BCUT2D eigenvalue weighted by Gasteiger charge is 2.26. The minimum Gasteiger partial charge on any atom is -0.389 e. The van der Waals surface area contributed by atoms with Crippen molar-refractivity contribution in [3.63, 3.8) is 0 Å². The molecule has 4 N–H and O–H groups in total. The third kappa shape index (κ3) is 5.56. The predicted molar refractivity (Wildman–Crippen MR) is 137 cm³/mol. The molecule has 11 heteroatoms. The van der Waals surface area contributed by atoms with Gasteiger partial charge in [0.2, 0.25) is 0 Å². The summed E-state index contributed by atoms with van der Waals surface area (Å²) >= 11 is 7.51. The molecule has 0 aliphatic carbocycles. The van der Waals surface area contributed by atoms with E-state index in [0.29, 0.717) is 46.2 Å². The van der Waals surface area contributed by atoms with Gasteiger partial charge in [-0.25, -0.2) is 9.97 Å². The Morgan fingerprint density at radius 3 is 2.57 bits per heavy atom. The number of aromatic nitrogens is 4. The Morgan fingerprint density at radius 2 is 1.89 bits per heavy atom. The van der Waals surface area contributed by atoms with Crippen LogP contribution >= 0.6 is 23.4 Å². The molecule has 0 unspecified atom stereocenters. The van der Waals surface area contributed by atoms with E-state index in [0.717, 1.165) is 16.4 Å². The summed E-state index contributed by atoms with van der Waals surface area (Å²) in [6.45, 7) is 2.98. The molecule has 178 valence electrons. The van der Waals surface area contributed by atoms with E-state index in [1.54, 1.807) is 24.3 Å². The molecule has 0 saturated carbocycles. The van der Waals surface area contributed by atoms with Crippen molar-refractivity contribution < 1.29 is 9.90 Å². The lowest BCUT2D eigenvalue weighted by Crippen LogP contribution is -2.51. The van der Waals surface area contributed by atoms with Crippen molar-refractivity contribution in [1.29, 1.82) is 0 Å². The Bertz CT molecular complexity index is 1360. The maximum atomic E-state index is 12.5. The summed E-state index contributed by atoms with van der Waals surface area (Å²) in [5.41, 5.74) is 2.00. The van der Waals surface area contributed by atoms with Crippen LogP contribution in [-0.2, 0) is 0 Å². The summed E-state index contributed by atoms with van der Waals surface area (Å²) in [5.74, 6) is 1.72. The number of rotatable bonds is 7. The first-order valence-corrected chi connectivity index (χ1v) is 12.1. The fraction of sp³-hybridized carbons (Fsp3) is 0.167. The Balaban J connectivity index is 1.32. The maximum Gasteiger partial charge on any atom is 0.257 e. The second kappa shape index (κ2) is 9.95. The number of halogens is 1. The molecule has 1 aliphatic heterocycles. The number of hydrogen-bond acceptors (Lipinski definition) is 8. The van der Waals surface area contributed by atoms with E-state index in [-0.39, 0.29) is 12.0 Å². The molecule has 0 spiro atoms. The first-order chi connectivity index (χ1) is 16.9. The minimum absolute atomic E-state index is 0.270. The molecule has 35 heavy (non-hydrogen) atoms. The number of β-amino-alcohol motifs (C(OH)–C–C–N with tert-alkyl or cyclic N) is 1.